The summed E-state index contributed by atoms with van der Waals surface area (Å²) in [6, 6.07) is 17.1. The number of benzene rings is 3. The first-order valence-electron chi connectivity index (χ1n) is 10.5. The van der Waals surface area contributed by atoms with Crippen LogP contribution in [0.25, 0.3) is 0 Å². The molecule has 0 bridgehead atoms. The van der Waals surface area contributed by atoms with Crippen LogP contribution < -0.4 is 19.1 Å². The molecule has 0 radical (unpaired) electrons. The van der Waals surface area contributed by atoms with Crippen LogP contribution in [0.3, 0.4) is 0 Å². The second-order valence-corrected chi connectivity index (χ2v) is 10.4. The van der Waals surface area contributed by atoms with Gasteiger partial charge in [-0.15, -0.1) is 0 Å². The van der Waals surface area contributed by atoms with Crippen molar-refractivity contribution in [2.75, 3.05) is 24.1 Å². The van der Waals surface area contributed by atoms with Crippen molar-refractivity contribution < 1.29 is 22.7 Å². The normalized spacial score (nSPS) is 13.7. The number of anilines is 1. The quantitative estimate of drug-likeness (QED) is 0.481. The highest BCUT2D eigenvalue weighted by molar-refractivity contribution is 7.92. The summed E-state index contributed by atoms with van der Waals surface area (Å²) >= 11 is 12.0. The highest BCUT2D eigenvalue weighted by Gasteiger charge is 2.28. The Kier molecular flexibility index (Phi) is 7.21. The lowest BCUT2D eigenvalue weighted by Gasteiger charge is -2.25. The monoisotopic (exact) mass is 520 g/mol. The van der Waals surface area contributed by atoms with E-state index in [1.807, 2.05) is 6.07 Å². The van der Waals surface area contributed by atoms with Crippen LogP contribution in [0.4, 0.5) is 5.69 Å². The van der Waals surface area contributed by atoms with Crippen molar-refractivity contribution in [3.63, 3.8) is 0 Å². The van der Waals surface area contributed by atoms with E-state index in [9.17, 15) is 13.2 Å². The van der Waals surface area contributed by atoms with Crippen molar-refractivity contribution in [1.82, 2.24) is 5.32 Å². The van der Waals surface area contributed by atoms with E-state index in [-0.39, 0.29) is 10.6 Å². The maximum Gasteiger partial charge on any atom is 0.264 e. The van der Waals surface area contributed by atoms with Crippen LogP contribution in [0.2, 0.25) is 10.0 Å². The van der Waals surface area contributed by atoms with E-state index in [0.29, 0.717) is 34.8 Å². The van der Waals surface area contributed by atoms with Gasteiger partial charge in [-0.05, 0) is 67.1 Å². The van der Waals surface area contributed by atoms with Gasteiger partial charge < -0.3 is 14.8 Å². The molecule has 0 aliphatic carbocycles. The van der Waals surface area contributed by atoms with Crippen LogP contribution in [0.5, 0.6) is 11.5 Å². The molecule has 3 aromatic rings. The molecule has 1 N–H and O–H groups in total. The van der Waals surface area contributed by atoms with E-state index in [1.165, 1.54) is 30.3 Å². The molecular formula is C24H22Cl2N2O5S. The number of carbonyl (C=O) groups is 1. The van der Waals surface area contributed by atoms with Gasteiger partial charge >= 0.3 is 0 Å². The van der Waals surface area contributed by atoms with Gasteiger partial charge in [0.25, 0.3) is 10.0 Å². The van der Waals surface area contributed by atoms with E-state index >= 15 is 0 Å². The molecule has 0 aromatic heterocycles. The molecule has 1 aliphatic heterocycles. The van der Waals surface area contributed by atoms with Gasteiger partial charge in [0.15, 0.2) is 11.5 Å². The fourth-order valence-corrected chi connectivity index (χ4v) is 5.23. The van der Waals surface area contributed by atoms with Crippen molar-refractivity contribution in [2.45, 2.75) is 17.9 Å². The van der Waals surface area contributed by atoms with Crippen molar-refractivity contribution >= 4 is 44.8 Å². The van der Waals surface area contributed by atoms with Crippen molar-refractivity contribution in [3.05, 3.63) is 82.3 Å². The number of fused-ring (bicyclic) bond motifs is 1. The molecule has 0 spiro atoms. The molecule has 178 valence electrons. The minimum Gasteiger partial charge on any atom is -0.486 e. The number of amides is 1. The SMILES string of the molecule is C[C@@H](NC(=O)CN(c1cccc(Cl)c1)S(=O)(=O)c1ccc(Cl)cc1)c1ccc2c(c1)OCCO2. The van der Waals surface area contributed by atoms with Crippen molar-refractivity contribution in [3.8, 4) is 11.5 Å². The summed E-state index contributed by atoms with van der Waals surface area (Å²) in [5, 5.41) is 3.60. The first-order valence-corrected chi connectivity index (χ1v) is 12.7. The standard InChI is InChI=1S/C24H22Cl2N2O5S/c1-16(17-5-10-22-23(13-17)33-12-11-32-22)27-24(29)15-28(20-4-2-3-19(26)14-20)34(30,31)21-8-6-18(25)7-9-21/h2-10,13-14,16H,11-12,15H2,1H3,(H,27,29)/t16-/m1/s1. The molecule has 0 saturated carbocycles. The number of carbonyl (C=O) groups excluding carboxylic acids is 1. The van der Waals surface area contributed by atoms with Crippen LogP contribution in [0.15, 0.2) is 71.6 Å². The van der Waals surface area contributed by atoms with E-state index in [4.69, 9.17) is 32.7 Å². The number of halogens is 2. The predicted octanol–water partition coefficient (Wildman–Crippen LogP) is 4.84. The summed E-state index contributed by atoms with van der Waals surface area (Å²) in [5.41, 5.74) is 1.07. The van der Waals surface area contributed by atoms with Gasteiger partial charge in [-0.1, -0.05) is 35.3 Å². The summed E-state index contributed by atoms with van der Waals surface area (Å²) in [7, 11) is -4.08. The number of sulfonamides is 1. The van der Waals surface area contributed by atoms with E-state index in [2.05, 4.69) is 5.32 Å². The topological polar surface area (TPSA) is 84.9 Å². The molecule has 1 amide bonds. The molecule has 3 aromatic carbocycles. The fourth-order valence-electron chi connectivity index (χ4n) is 3.51. The molecule has 10 heteroatoms. The summed E-state index contributed by atoms with van der Waals surface area (Å²) in [5.74, 6) is 0.769. The van der Waals surface area contributed by atoms with Gasteiger partial charge in [-0.3, -0.25) is 9.10 Å². The van der Waals surface area contributed by atoms with Crippen LogP contribution in [0, 0.1) is 0 Å². The molecule has 1 atom stereocenters. The second kappa shape index (κ2) is 10.1. The molecule has 1 heterocycles. The minimum absolute atomic E-state index is 0.00422. The Bertz CT molecular complexity index is 1300. The zero-order chi connectivity index (χ0) is 24.3. The van der Waals surface area contributed by atoms with Crippen LogP contribution in [-0.2, 0) is 14.8 Å². The molecule has 0 fully saturated rings. The summed E-state index contributed by atoms with van der Waals surface area (Å²) in [6.07, 6.45) is 0. The summed E-state index contributed by atoms with van der Waals surface area (Å²) in [4.78, 5) is 13.0. The lowest BCUT2D eigenvalue weighted by molar-refractivity contribution is -0.120. The van der Waals surface area contributed by atoms with Gasteiger partial charge in [-0.25, -0.2) is 8.42 Å². The van der Waals surface area contributed by atoms with Crippen molar-refractivity contribution in [1.29, 1.82) is 0 Å². The van der Waals surface area contributed by atoms with E-state index in [1.54, 1.807) is 37.3 Å². The minimum atomic E-state index is -4.08. The Labute approximate surface area is 208 Å². The summed E-state index contributed by atoms with van der Waals surface area (Å²) < 4.78 is 39.0. The van der Waals surface area contributed by atoms with Gasteiger partial charge in [0.1, 0.15) is 19.8 Å². The predicted molar refractivity (Wildman–Crippen MR) is 131 cm³/mol. The third-order valence-corrected chi connectivity index (χ3v) is 7.50. The van der Waals surface area contributed by atoms with Gasteiger partial charge in [-0.2, -0.15) is 0 Å². The summed E-state index contributed by atoms with van der Waals surface area (Å²) in [6.45, 7) is 2.30. The Hall–Kier alpha value is -2.94. The van der Waals surface area contributed by atoms with Gasteiger partial charge in [0.2, 0.25) is 5.91 Å². The van der Waals surface area contributed by atoms with Gasteiger partial charge in [0, 0.05) is 10.0 Å². The molecule has 1 aliphatic rings. The van der Waals surface area contributed by atoms with E-state index < -0.39 is 28.5 Å². The average molecular weight is 521 g/mol. The molecule has 0 unspecified atom stereocenters. The molecule has 7 nitrogen and oxygen atoms in total. The maximum atomic E-state index is 13.4. The zero-order valence-corrected chi connectivity index (χ0v) is 20.5. The van der Waals surface area contributed by atoms with Crippen LogP contribution in [-0.4, -0.2) is 34.1 Å². The lowest BCUT2D eigenvalue weighted by atomic mass is 10.1. The highest BCUT2D eigenvalue weighted by atomic mass is 35.5. The smallest absolute Gasteiger partial charge is 0.264 e. The van der Waals surface area contributed by atoms with E-state index in [0.717, 1.165) is 9.87 Å². The first-order chi connectivity index (χ1) is 16.2. The molecular weight excluding hydrogens is 499 g/mol. The number of rotatable bonds is 7. The molecule has 34 heavy (non-hydrogen) atoms. The molecule has 0 saturated heterocycles. The third-order valence-electron chi connectivity index (χ3n) is 5.23. The Morgan fingerprint density at radius 3 is 2.38 bits per heavy atom. The maximum absolute atomic E-state index is 13.4. The highest BCUT2D eigenvalue weighted by Crippen LogP contribution is 2.33. The number of nitrogens with zero attached hydrogens (tertiary/aromatic N) is 1. The van der Waals surface area contributed by atoms with Crippen LogP contribution in [0.1, 0.15) is 18.5 Å². The average Bonchev–Trinajstić information content (AvgIpc) is 2.82. The number of ether oxygens (including phenoxy) is 2. The number of hydrogen-bond acceptors (Lipinski definition) is 5. The lowest BCUT2D eigenvalue weighted by Crippen LogP contribution is -2.41. The Balaban J connectivity index is 1.57. The second-order valence-electron chi connectivity index (χ2n) is 7.64. The van der Waals surface area contributed by atoms with Crippen molar-refractivity contribution in [2.24, 2.45) is 0 Å². The Morgan fingerprint density at radius 2 is 1.68 bits per heavy atom. The number of nitrogens with one attached hydrogen (secondary N) is 1. The third kappa shape index (κ3) is 5.41. The molecule has 4 rings (SSSR count). The van der Waals surface area contributed by atoms with Crippen LogP contribution >= 0.6 is 23.2 Å². The number of hydrogen-bond donors (Lipinski definition) is 1. The zero-order valence-electron chi connectivity index (χ0n) is 18.2. The fraction of sp³-hybridized carbons (Fsp3) is 0.208. The first kappa shape index (κ1) is 24.2. The Morgan fingerprint density at radius 1 is 0.971 bits per heavy atom. The largest absolute Gasteiger partial charge is 0.486 e. The van der Waals surface area contributed by atoms with Gasteiger partial charge in [0.05, 0.1) is 16.6 Å².